The van der Waals surface area contributed by atoms with Crippen LogP contribution < -0.4 is 11.1 Å². The van der Waals surface area contributed by atoms with E-state index in [9.17, 15) is 0 Å². The summed E-state index contributed by atoms with van der Waals surface area (Å²) in [6, 6.07) is 4.97. The molecule has 2 unspecified atom stereocenters. The number of nitrogens with two attached hydrogens (primary N) is 1. The lowest BCUT2D eigenvalue weighted by Crippen LogP contribution is -2.37. The Kier molecular flexibility index (Phi) is 5.41. The summed E-state index contributed by atoms with van der Waals surface area (Å²) in [5.41, 5.74) is 9.38. The smallest absolute Gasteiger partial charge is 0.107 e. The quantitative estimate of drug-likeness (QED) is 0.733. The van der Waals surface area contributed by atoms with Crippen LogP contribution in [0.2, 0.25) is 0 Å². The molecule has 5 nitrogen and oxygen atoms in total. The van der Waals surface area contributed by atoms with Gasteiger partial charge in [0.25, 0.3) is 0 Å². The van der Waals surface area contributed by atoms with Crippen molar-refractivity contribution in [1.82, 2.24) is 20.3 Å². The van der Waals surface area contributed by atoms with Crippen LogP contribution in [0.15, 0.2) is 24.5 Å². The number of H-pyrrole nitrogens is 1. The highest BCUT2D eigenvalue weighted by atomic mass is 15.0. The molecule has 124 valence electrons. The van der Waals surface area contributed by atoms with E-state index in [-0.39, 0.29) is 0 Å². The maximum atomic E-state index is 5.72. The number of imidazole rings is 1. The topological polar surface area (TPSA) is 79.6 Å². The average molecular weight is 313 g/mol. The van der Waals surface area contributed by atoms with Crippen molar-refractivity contribution in [3.8, 4) is 0 Å². The molecule has 2 aromatic rings. The highest BCUT2D eigenvalue weighted by Gasteiger charge is 2.24. The van der Waals surface area contributed by atoms with Crippen molar-refractivity contribution in [3.05, 3.63) is 47.3 Å². The van der Waals surface area contributed by atoms with E-state index in [4.69, 9.17) is 5.73 Å². The maximum absolute atomic E-state index is 5.72. The zero-order valence-electron chi connectivity index (χ0n) is 13.9. The number of hydrogen-bond donors (Lipinski definition) is 3. The first-order valence-electron chi connectivity index (χ1n) is 8.67. The van der Waals surface area contributed by atoms with Gasteiger partial charge in [-0.1, -0.05) is 6.07 Å². The summed E-state index contributed by atoms with van der Waals surface area (Å²) >= 11 is 0. The zero-order chi connectivity index (χ0) is 16.1. The molecule has 0 spiro atoms. The van der Waals surface area contributed by atoms with E-state index in [1.165, 1.54) is 17.7 Å². The van der Waals surface area contributed by atoms with E-state index in [2.05, 4.69) is 26.3 Å². The Morgan fingerprint density at radius 2 is 2.39 bits per heavy atom. The fourth-order valence-corrected chi connectivity index (χ4v) is 3.47. The lowest BCUT2D eigenvalue weighted by atomic mass is 9.91. The number of aryl methyl sites for hydroxylation is 2. The van der Waals surface area contributed by atoms with E-state index < -0.39 is 0 Å². The van der Waals surface area contributed by atoms with Gasteiger partial charge in [-0.05, 0) is 57.2 Å². The Morgan fingerprint density at radius 3 is 3.17 bits per heavy atom. The molecule has 0 aromatic carbocycles. The summed E-state index contributed by atoms with van der Waals surface area (Å²) in [6.07, 6.45) is 10.4. The van der Waals surface area contributed by atoms with Gasteiger partial charge in [-0.2, -0.15) is 0 Å². The molecule has 5 heteroatoms. The molecule has 2 atom stereocenters. The highest BCUT2D eigenvalue weighted by Crippen LogP contribution is 2.28. The molecule has 0 fully saturated rings. The van der Waals surface area contributed by atoms with Gasteiger partial charge < -0.3 is 16.0 Å². The molecule has 0 aliphatic heterocycles. The lowest BCUT2D eigenvalue weighted by molar-refractivity contribution is 0.363. The summed E-state index contributed by atoms with van der Waals surface area (Å²) in [6.45, 7) is 2.75. The van der Waals surface area contributed by atoms with E-state index >= 15 is 0 Å². The molecule has 0 saturated carbocycles. The van der Waals surface area contributed by atoms with Gasteiger partial charge in [-0.15, -0.1) is 0 Å². The lowest BCUT2D eigenvalue weighted by Gasteiger charge is -2.29. The average Bonchev–Trinajstić information content (AvgIpc) is 2.98. The van der Waals surface area contributed by atoms with Gasteiger partial charge in [0.05, 0.1) is 11.4 Å². The molecule has 3 rings (SSSR count). The molecule has 0 bridgehead atoms. The van der Waals surface area contributed by atoms with Crippen molar-refractivity contribution >= 4 is 0 Å². The zero-order valence-corrected chi connectivity index (χ0v) is 13.9. The van der Waals surface area contributed by atoms with Crippen molar-refractivity contribution in [2.24, 2.45) is 5.73 Å². The second kappa shape index (κ2) is 7.70. The minimum absolute atomic E-state index is 0.346. The first kappa shape index (κ1) is 16.1. The normalized spacial score (nSPS) is 18.6. The third kappa shape index (κ3) is 4.18. The van der Waals surface area contributed by atoms with E-state index in [0.717, 1.165) is 50.2 Å². The van der Waals surface area contributed by atoms with Crippen molar-refractivity contribution < 1.29 is 0 Å². The standard InChI is InChI=1S/C18H27N5/c1-13-12-21-17(22-13)11-15(7-3-9-19)23-16-8-2-5-14-6-4-10-20-18(14)16/h4,6,10,12,15-16,23H,2-3,5,7-9,11,19H2,1H3,(H,21,22). The van der Waals surface area contributed by atoms with Gasteiger partial charge in [0.2, 0.25) is 0 Å². The number of rotatable bonds is 7. The monoisotopic (exact) mass is 313 g/mol. The van der Waals surface area contributed by atoms with E-state index in [0.29, 0.717) is 12.1 Å². The fraction of sp³-hybridized carbons (Fsp3) is 0.556. The van der Waals surface area contributed by atoms with Crippen molar-refractivity contribution in [3.63, 3.8) is 0 Å². The van der Waals surface area contributed by atoms with Crippen LogP contribution in [0.25, 0.3) is 0 Å². The summed E-state index contributed by atoms with van der Waals surface area (Å²) < 4.78 is 0. The highest BCUT2D eigenvalue weighted by molar-refractivity contribution is 5.25. The molecule has 4 N–H and O–H groups in total. The molecule has 23 heavy (non-hydrogen) atoms. The Labute approximate surface area is 138 Å². The number of aromatic amines is 1. The molecule has 0 amide bonds. The number of aromatic nitrogens is 3. The van der Waals surface area contributed by atoms with Crippen LogP contribution in [-0.4, -0.2) is 27.5 Å². The molecule has 2 aromatic heterocycles. The van der Waals surface area contributed by atoms with Crippen LogP contribution >= 0.6 is 0 Å². The molecule has 0 radical (unpaired) electrons. The second-order valence-corrected chi connectivity index (χ2v) is 6.48. The fourth-order valence-electron chi connectivity index (χ4n) is 3.47. The third-order valence-corrected chi connectivity index (χ3v) is 4.59. The Hall–Kier alpha value is -1.72. The van der Waals surface area contributed by atoms with Crippen LogP contribution in [-0.2, 0) is 12.8 Å². The minimum Gasteiger partial charge on any atom is -0.348 e. The number of hydrogen-bond acceptors (Lipinski definition) is 4. The SMILES string of the molecule is Cc1c[nH]c(CC(CCCN)NC2CCCc3cccnc32)n1. The van der Waals surface area contributed by atoms with Crippen LogP contribution in [0.4, 0.5) is 0 Å². The molecule has 1 aliphatic carbocycles. The molecule has 0 saturated heterocycles. The van der Waals surface area contributed by atoms with Crippen molar-refractivity contribution in [2.75, 3.05) is 6.54 Å². The van der Waals surface area contributed by atoms with Gasteiger partial charge in [-0.25, -0.2) is 4.98 Å². The van der Waals surface area contributed by atoms with Crippen LogP contribution in [0.3, 0.4) is 0 Å². The first-order chi connectivity index (χ1) is 11.3. The molecular weight excluding hydrogens is 286 g/mol. The first-order valence-corrected chi connectivity index (χ1v) is 8.67. The summed E-state index contributed by atoms with van der Waals surface area (Å²) in [4.78, 5) is 12.5. The Balaban J connectivity index is 1.71. The van der Waals surface area contributed by atoms with Crippen LogP contribution in [0, 0.1) is 6.92 Å². The van der Waals surface area contributed by atoms with Crippen molar-refractivity contribution in [1.29, 1.82) is 0 Å². The van der Waals surface area contributed by atoms with Gasteiger partial charge in [0.1, 0.15) is 5.82 Å². The summed E-state index contributed by atoms with van der Waals surface area (Å²) in [5, 5.41) is 3.83. The number of pyridine rings is 1. The van der Waals surface area contributed by atoms with Crippen LogP contribution in [0.5, 0.6) is 0 Å². The van der Waals surface area contributed by atoms with Gasteiger partial charge >= 0.3 is 0 Å². The summed E-state index contributed by atoms with van der Waals surface area (Å²) in [7, 11) is 0. The Morgan fingerprint density at radius 1 is 1.48 bits per heavy atom. The van der Waals surface area contributed by atoms with Gasteiger partial charge in [0.15, 0.2) is 0 Å². The Bertz CT molecular complexity index is 621. The predicted octanol–water partition coefficient (Wildman–Crippen LogP) is 2.43. The largest absolute Gasteiger partial charge is 0.348 e. The van der Waals surface area contributed by atoms with E-state index in [1.807, 2.05) is 25.4 Å². The number of nitrogens with one attached hydrogen (secondary N) is 2. The summed E-state index contributed by atoms with van der Waals surface area (Å²) in [5.74, 6) is 1.05. The van der Waals surface area contributed by atoms with Crippen LogP contribution in [0.1, 0.15) is 54.5 Å². The molecule has 1 aliphatic rings. The minimum atomic E-state index is 0.346. The maximum Gasteiger partial charge on any atom is 0.107 e. The molecule has 2 heterocycles. The third-order valence-electron chi connectivity index (χ3n) is 4.59. The number of nitrogens with zero attached hydrogens (tertiary/aromatic N) is 2. The predicted molar refractivity (Wildman–Crippen MR) is 92.2 cm³/mol. The number of fused-ring (bicyclic) bond motifs is 1. The van der Waals surface area contributed by atoms with Crippen molar-refractivity contribution in [2.45, 2.75) is 57.5 Å². The molecular formula is C18H27N5. The second-order valence-electron chi connectivity index (χ2n) is 6.48. The van der Waals surface area contributed by atoms with E-state index in [1.54, 1.807) is 0 Å². The van der Waals surface area contributed by atoms with Gasteiger partial charge in [-0.3, -0.25) is 4.98 Å². The van der Waals surface area contributed by atoms with Gasteiger partial charge in [0, 0.05) is 30.9 Å².